The Labute approximate surface area is 105 Å². The molecular formula is C11H17N3O2S. The van der Waals surface area contributed by atoms with Crippen molar-refractivity contribution >= 4 is 23.5 Å². The van der Waals surface area contributed by atoms with Crippen molar-refractivity contribution in [2.75, 3.05) is 11.6 Å². The summed E-state index contributed by atoms with van der Waals surface area (Å²) in [6, 6.07) is 1.76. The lowest BCUT2D eigenvalue weighted by molar-refractivity contribution is -0.142. The van der Waals surface area contributed by atoms with E-state index in [4.69, 9.17) is 0 Å². The number of carboxylic acids is 1. The zero-order valence-corrected chi connectivity index (χ0v) is 11.0. The van der Waals surface area contributed by atoms with Gasteiger partial charge in [0.25, 0.3) is 0 Å². The maximum absolute atomic E-state index is 11.3. The van der Waals surface area contributed by atoms with Crippen molar-refractivity contribution in [3.8, 4) is 0 Å². The Bertz CT molecular complexity index is 394. The van der Waals surface area contributed by atoms with Crippen molar-refractivity contribution in [1.82, 2.24) is 9.97 Å². The molecule has 0 aromatic carbocycles. The lowest BCUT2D eigenvalue weighted by Gasteiger charge is -2.28. The molecule has 0 bridgehead atoms. The minimum absolute atomic E-state index is 0.497. The van der Waals surface area contributed by atoms with Crippen molar-refractivity contribution in [3.05, 3.63) is 12.4 Å². The molecule has 0 amide bonds. The number of rotatable bonds is 6. The van der Waals surface area contributed by atoms with Crippen LogP contribution in [0.3, 0.4) is 0 Å². The molecule has 0 radical (unpaired) electrons. The second kappa shape index (κ2) is 5.86. The molecule has 0 aliphatic carbocycles. The SMILES string of the molecule is CCC(CC)(Nc1cc(SC)ncn1)C(=O)O. The molecule has 94 valence electrons. The van der Waals surface area contributed by atoms with Crippen LogP contribution in [-0.4, -0.2) is 32.8 Å². The van der Waals surface area contributed by atoms with E-state index in [9.17, 15) is 9.90 Å². The second-order valence-electron chi connectivity index (χ2n) is 3.66. The van der Waals surface area contributed by atoms with Gasteiger partial charge in [-0.3, -0.25) is 0 Å². The van der Waals surface area contributed by atoms with Gasteiger partial charge in [0.05, 0.1) is 0 Å². The van der Waals surface area contributed by atoms with E-state index in [1.165, 1.54) is 18.1 Å². The quantitative estimate of drug-likeness (QED) is 0.600. The molecule has 0 unspecified atom stereocenters. The molecule has 6 heteroatoms. The molecule has 1 aromatic heterocycles. The van der Waals surface area contributed by atoms with Gasteiger partial charge >= 0.3 is 5.97 Å². The maximum Gasteiger partial charge on any atom is 0.329 e. The Morgan fingerprint density at radius 3 is 2.59 bits per heavy atom. The predicted molar refractivity (Wildman–Crippen MR) is 68.4 cm³/mol. The van der Waals surface area contributed by atoms with Gasteiger partial charge in [0.15, 0.2) is 0 Å². The molecule has 0 aliphatic rings. The molecule has 2 N–H and O–H groups in total. The van der Waals surface area contributed by atoms with Crippen LogP contribution < -0.4 is 5.32 Å². The summed E-state index contributed by atoms with van der Waals surface area (Å²) in [6.45, 7) is 3.70. The Morgan fingerprint density at radius 1 is 1.47 bits per heavy atom. The first-order valence-corrected chi connectivity index (χ1v) is 6.68. The number of aliphatic carboxylic acids is 1. The Hall–Kier alpha value is -1.30. The number of anilines is 1. The highest BCUT2D eigenvalue weighted by molar-refractivity contribution is 7.98. The highest BCUT2D eigenvalue weighted by atomic mass is 32.2. The Morgan fingerprint density at radius 2 is 2.12 bits per heavy atom. The number of thioether (sulfide) groups is 1. The van der Waals surface area contributed by atoms with E-state index in [0.29, 0.717) is 18.7 Å². The highest BCUT2D eigenvalue weighted by Gasteiger charge is 2.35. The van der Waals surface area contributed by atoms with E-state index < -0.39 is 11.5 Å². The van der Waals surface area contributed by atoms with Crippen LogP contribution in [0.4, 0.5) is 5.82 Å². The topological polar surface area (TPSA) is 75.1 Å². The van der Waals surface area contributed by atoms with Gasteiger partial charge in [0.2, 0.25) is 0 Å². The normalized spacial score (nSPS) is 11.2. The molecule has 0 spiro atoms. The molecule has 17 heavy (non-hydrogen) atoms. The number of nitrogens with zero attached hydrogens (tertiary/aromatic N) is 2. The number of carbonyl (C=O) groups is 1. The molecular weight excluding hydrogens is 238 g/mol. The zero-order valence-electron chi connectivity index (χ0n) is 10.2. The van der Waals surface area contributed by atoms with Gasteiger partial charge in [0.1, 0.15) is 22.7 Å². The minimum Gasteiger partial charge on any atom is -0.480 e. The van der Waals surface area contributed by atoms with Gasteiger partial charge in [-0.05, 0) is 19.1 Å². The van der Waals surface area contributed by atoms with E-state index in [2.05, 4.69) is 15.3 Å². The smallest absolute Gasteiger partial charge is 0.329 e. The summed E-state index contributed by atoms with van der Waals surface area (Å²) in [4.78, 5) is 19.4. The fourth-order valence-corrected chi connectivity index (χ4v) is 1.93. The van der Waals surface area contributed by atoms with E-state index >= 15 is 0 Å². The molecule has 5 nitrogen and oxygen atoms in total. The summed E-state index contributed by atoms with van der Waals surface area (Å²) in [5.41, 5.74) is -0.954. The molecule has 1 heterocycles. The number of hydrogen-bond acceptors (Lipinski definition) is 5. The van der Waals surface area contributed by atoms with Crippen LogP contribution in [-0.2, 0) is 4.79 Å². The third-order valence-electron chi connectivity index (χ3n) is 2.83. The van der Waals surface area contributed by atoms with Gasteiger partial charge in [-0.15, -0.1) is 11.8 Å². The van der Waals surface area contributed by atoms with Crippen molar-refractivity contribution in [2.45, 2.75) is 37.3 Å². The van der Waals surface area contributed by atoms with Gasteiger partial charge in [-0.2, -0.15) is 0 Å². The summed E-state index contributed by atoms with van der Waals surface area (Å²) in [6.07, 6.45) is 4.34. The first-order valence-electron chi connectivity index (χ1n) is 5.45. The van der Waals surface area contributed by atoms with Crippen LogP contribution in [0, 0.1) is 0 Å². The molecule has 0 fully saturated rings. The van der Waals surface area contributed by atoms with Crippen molar-refractivity contribution in [2.24, 2.45) is 0 Å². The Balaban J connectivity index is 2.97. The van der Waals surface area contributed by atoms with Crippen LogP contribution in [0.1, 0.15) is 26.7 Å². The summed E-state index contributed by atoms with van der Waals surface area (Å²) in [7, 11) is 0. The number of hydrogen-bond donors (Lipinski definition) is 2. The number of carboxylic acid groups (broad SMARTS) is 1. The zero-order chi connectivity index (χ0) is 12.9. The van der Waals surface area contributed by atoms with E-state index in [-0.39, 0.29) is 0 Å². The lowest BCUT2D eigenvalue weighted by Crippen LogP contribution is -2.45. The standard InChI is InChI=1S/C11H17N3O2S/c1-4-11(5-2,10(15)16)14-8-6-9(17-3)13-7-12-8/h6-7H,4-5H2,1-3H3,(H,15,16)(H,12,13,14). The molecule has 0 aliphatic heterocycles. The van der Waals surface area contributed by atoms with Gasteiger partial charge in [0, 0.05) is 6.07 Å². The average molecular weight is 255 g/mol. The second-order valence-corrected chi connectivity index (χ2v) is 4.49. The van der Waals surface area contributed by atoms with Crippen LogP contribution in [0.5, 0.6) is 0 Å². The monoisotopic (exact) mass is 255 g/mol. The predicted octanol–water partition coefficient (Wildman–Crippen LogP) is 2.25. The largest absolute Gasteiger partial charge is 0.480 e. The van der Waals surface area contributed by atoms with E-state index in [1.807, 2.05) is 20.1 Å². The summed E-state index contributed by atoms with van der Waals surface area (Å²) in [5.74, 6) is -0.303. The van der Waals surface area contributed by atoms with Gasteiger partial charge < -0.3 is 10.4 Å². The fraction of sp³-hybridized carbons (Fsp3) is 0.545. The van der Waals surface area contributed by atoms with Crippen molar-refractivity contribution in [3.63, 3.8) is 0 Å². The third kappa shape index (κ3) is 3.09. The van der Waals surface area contributed by atoms with Crippen LogP contribution in [0.15, 0.2) is 17.4 Å². The average Bonchev–Trinajstić information content (AvgIpc) is 2.36. The Kier molecular flexibility index (Phi) is 4.74. The minimum atomic E-state index is -0.954. The van der Waals surface area contributed by atoms with Crippen LogP contribution >= 0.6 is 11.8 Å². The molecule has 0 saturated heterocycles. The molecule has 0 saturated carbocycles. The van der Waals surface area contributed by atoms with Gasteiger partial charge in [-0.1, -0.05) is 13.8 Å². The first kappa shape index (κ1) is 13.8. The number of nitrogens with one attached hydrogen (secondary N) is 1. The van der Waals surface area contributed by atoms with Crippen molar-refractivity contribution in [1.29, 1.82) is 0 Å². The van der Waals surface area contributed by atoms with E-state index in [1.54, 1.807) is 6.07 Å². The third-order valence-corrected chi connectivity index (χ3v) is 3.48. The number of aromatic nitrogens is 2. The van der Waals surface area contributed by atoms with Crippen LogP contribution in [0.25, 0.3) is 0 Å². The summed E-state index contributed by atoms with van der Waals surface area (Å²) < 4.78 is 0. The lowest BCUT2D eigenvalue weighted by atomic mass is 9.93. The van der Waals surface area contributed by atoms with Gasteiger partial charge in [-0.25, -0.2) is 14.8 Å². The highest BCUT2D eigenvalue weighted by Crippen LogP contribution is 2.23. The first-order chi connectivity index (χ1) is 8.07. The van der Waals surface area contributed by atoms with Crippen LogP contribution in [0.2, 0.25) is 0 Å². The molecule has 1 aromatic rings. The summed E-state index contributed by atoms with van der Waals surface area (Å²) in [5, 5.41) is 13.1. The van der Waals surface area contributed by atoms with Crippen molar-refractivity contribution < 1.29 is 9.90 Å². The van der Waals surface area contributed by atoms with E-state index in [0.717, 1.165) is 5.03 Å². The molecule has 1 rings (SSSR count). The molecule has 0 atom stereocenters. The summed E-state index contributed by atoms with van der Waals surface area (Å²) >= 11 is 1.49. The fourth-order valence-electron chi connectivity index (χ4n) is 1.55. The maximum atomic E-state index is 11.3.